The molecule has 10 heavy (non-hydrogen) atoms. The molecule has 0 aliphatic rings. The van der Waals surface area contributed by atoms with Gasteiger partial charge >= 0.3 is 0 Å². The van der Waals surface area contributed by atoms with Gasteiger partial charge in [-0.2, -0.15) is 0 Å². The van der Waals surface area contributed by atoms with Crippen LogP contribution in [0.1, 0.15) is 18.4 Å². The lowest BCUT2D eigenvalue weighted by Crippen LogP contribution is -1.99. The van der Waals surface area contributed by atoms with Crippen molar-refractivity contribution in [1.29, 1.82) is 0 Å². The Labute approximate surface area is 63.8 Å². The second-order valence-electron chi connectivity index (χ2n) is 2.08. The summed E-state index contributed by atoms with van der Waals surface area (Å²) in [7, 11) is 0. The van der Waals surface area contributed by atoms with Crippen LogP contribution in [0.2, 0.25) is 0 Å². The van der Waals surface area contributed by atoms with E-state index in [2.05, 4.69) is 0 Å². The first-order valence-corrected chi connectivity index (χ1v) is 3.31. The molecule has 0 saturated heterocycles. The minimum absolute atomic E-state index is 0.264. The van der Waals surface area contributed by atoms with Crippen LogP contribution in [0.3, 0.4) is 0 Å². The summed E-state index contributed by atoms with van der Waals surface area (Å²) in [4.78, 5) is 10.6. The lowest BCUT2D eigenvalue weighted by molar-refractivity contribution is -0.112. The average molecular weight is 159 g/mol. The number of carbonyl (C=O) groups is 1. The molecule has 3 heteroatoms. The Bertz CT molecular complexity index is 216. The second-order valence-corrected chi connectivity index (χ2v) is 2.46. The van der Waals surface area contributed by atoms with Crippen LogP contribution in [0.5, 0.6) is 0 Å². The molecule has 2 nitrogen and oxygen atoms in total. The van der Waals surface area contributed by atoms with Crippen LogP contribution in [0.15, 0.2) is 23.0 Å². The van der Waals surface area contributed by atoms with Gasteiger partial charge in [-0.05, 0) is 24.6 Å². The highest BCUT2D eigenvalue weighted by molar-refractivity contribution is 6.64. The van der Waals surface area contributed by atoms with Crippen molar-refractivity contribution in [2.24, 2.45) is 0 Å². The molecule has 0 spiro atoms. The van der Waals surface area contributed by atoms with E-state index in [0.717, 1.165) is 5.56 Å². The molecule has 0 radical (unpaired) electrons. The van der Waals surface area contributed by atoms with Crippen LogP contribution in [-0.4, -0.2) is 5.24 Å². The molecule has 1 unspecified atom stereocenters. The normalized spacial score (nSPS) is 13.0. The van der Waals surface area contributed by atoms with Gasteiger partial charge in [0.05, 0.1) is 18.4 Å². The minimum Gasteiger partial charge on any atom is -0.472 e. The van der Waals surface area contributed by atoms with Gasteiger partial charge in [0.2, 0.25) is 5.24 Å². The van der Waals surface area contributed by atoms with Gasteiger partial charge in [0.1, 0.15) is 0 Å². The monoisotopic (exact) mass is 158 g/mol. The van der Waals surface area contributed by atoms with E-state index in [1.165, 1.54) is 12.5 Å². The second kappa shape index (κ2) is 2.88. The van der Waals surface area contributed by atoms with E-state index >= 15 is 0 Å². The van der Waals surface area contributed by atoms with Crippen LogP contribution < -0.4 is 0 Å². The number of hydrogen-bond donors (Lipinski definition) is 0. The lowest BCUT2D eigenvalue weighted by atomic mass is 10.1. The summed E-state index contributed by atoms with van der Waals surface area (Å²) >= 11 is 5.24. The Kier molecular flexibility index (Phi) is 2.12. The summed E-state index contributed by atoms with van der Waals surface area (Å²) in [5.74, 6) is -0.264. The largest absolute Gasteiger partial charge is 0.472 e. The van der Waals surface area contributed by atoms with Gasteiger partial charge in [0.25, 0.3) is 0 Å². The van der Waals surface area contributed by atoms with E-state index in [-0.39, 0.29) is 11.2 Å². The molecule has 1 heterocycles. The summed E-state index contributed by atoms with van der Waals surface area (Å²) in [5.41, 5.74) is 0.819. The van der Waals surface area contributed by atoms with Gasteiger partial charge in [-0.25, -0.2) is 0 Å². The Morgan fingerprint density at radius 2 is 2.50 bits per heavy atom. The molecular weight excluding hydrogens is 152 g/mol. The molecule has 1 aromatic heterocycles. The molecule has 0 bridgehead atoms. The van der Waals surface area contributed by atoms with Crippen LogP contribution in [0.25, 0.3) is 0 Å². The fourth-order valence-corrected chi connectivity index (χ4v) is 0.778. The van der Waals surface area contributed by atoms with Gasteiger partial charge in [-0.3, -0.25) is 4.79 Å². The minimum atomic E-state index is -0.360. The van der Waals surface area contributed by atoms with Crippen molar-refractivity contribution >= 4 is 16.8 Å². The Morgan fingerprint density at radius 1 is 1.80 bits per heavy atom. The zero-order chi connectivity index (χ0) is 7.56. The Morgan fingerprint density at radius 3 is 2.90 bits per heavy atom. The van der Waals surface area contributed by atoms with Gasteiger partial charge in [-0.1, -0.05) is 0 Å². The van der Waals surface area contributed by atoms with E-state index in [1.54, 1.807) is 13.0 Å². The standard InChI is InChI=1S/C7H7ClO2/c1-5(7(8)9)6-2-3-10-4-6/h2-5H,1H3. The average Bonchev–Trinajstić information content (AvgIpc) is 2.36. The number of hydrogen-bond acceptors (Lipinski definition) is 2. The Hall–Kier alpha value is -0.760. The third kappa shape index (κ3) is 1.39. The van der Waals surface area contributed by atoms with E-state index < -0.39 is 0 Å². The van der Waals surface area contributed by atoms with Crippen molar-refractivity contribution in [3.63, 3.8) is 0 Å². The molecule has 0 aromatic carbocycles. The predicted molar refractivity (Wildman–Crippen MR) is 38.0 cm³/mol. The number of carbonyl (C=O) groups excluding carboxylic acids is 1. The summed E-state index contributed by atoms with van der Waals surface area (Å²) in [6.45, 7) is 1.74. The van der Waals surface area contributed by atoms with Crippen LogP contribution in [-0.2, 0) is 4.79 Å². The summed E-state index contributed by atoms with van der Waals surface area (Å²) in [5, 5.41) is -0.360. The smallest absolute Gasteiger partial charge is 0.228 e. The molecule has 0 aliphatic heterocycles. The molecule has 1 aromatic rings. The number of rotatable bonds is 2. The maximum atomic E-state index is 10.6. The van der Waals surface area contributed by atoms with Crippen molar-refractivity contribution in [3.05, 3.63) is 24.2 Å². The highest BCUT2D eigenvalue weighted by Gasteiger charge is 2.12. The molecular formula is C7H7ClO2. The van der Waals surface area contributed by atoms with Gasteiger partial charge < -0.3 is 4.42 Å². The fourth-order valence-electron chi connectivity index (χ4n) is 0.652. The van der Waals surface area contributed by atoms with Gasteiger partial charge in [0.15, 0.2) is 0 Å². The van der Waals surface area contributed by atoms with Gasteiger partial charge in [-0.15, -0.1) is 0 Å². The van der Waals surface area contributed by atoms with E-state index in [1.807, 2.05) is 0 Å². The van der Waals surface area contributed by atoms with Crippen LogP contribution in [0, 0.1) is 0 Å². The van der Waals surface area contributed by atoms with Crippen molar-refractivity contribution in [1.82, 2.24) is 0 Å². The SMILES string of the molecule is CC(C(=O)Cl)c1ccoc1. The van der Waals surface area contributed by atoms with Crippen LogP contribution in [0.4, 0.5) is 0 Å². The third-order valence-electron chi connectivity index (χ3n) is 1.38. The molecule has 0 amide bonds. The third-order valence-corrected chi connectivity index (χ3v) is 1.71. The van der Waals surface area contributed by atoms with E-state index in [9.17, 15) is 4.79 Å². The quantitative estimate of drug-likeness (QED) is 0.618. The topological polar surface area (TPSA) is 30.2 Å². The molecule has 1 rings (SSSR count). The summed E-state index contributed by atoms with van der Waals surface area (Å²) < 4.78 is 4.77. The first kappa shape index (κ1) is 7.35. The van der Waals surface area contributed by atoms with Crippen LogP contribution >= 0.6 is 11.6 Å². The highest BCUT2D eigenvalue weighted by atomic mass is 35.5. The van der Waals surface area contributed by atoms with Crippen molar-refractivity contribution < 1.29 is 9.21 Å². The van der Waals surface area contributed by atoms with Crippen molar-refractivity contribution in [3.8, 4) is 0 Å². The highest BCUT2D eigenvalue weighted by Crippen LogP contribution is 2.17. The molecule has 0 saturated carbocycles. The first-order valence-electron chi connectivity index (χ1n) is 2.93. The predicted octanol–water partition coefficient (Wildman–Crippen LogP) is 2.15. The zero-order valence-electron chi connectivity index (χ0n) is 5.50. The number of furan rings is 1. The molecule has 54 valence electrons. The lowest BCUT2D eigenvalue weighted by Gasteiger charge is -1.98. The fraction of sp³-hybridized carbons (Fsp3) is 0.286. The summed E-state index contributed by atoms with van der Waals surface area (Å²) in [6.07, 6.45) is 3.04. The maximum absolute atomic E-state index is 10.6. The summed E-state index contributed by atoms with van der Waals surface area (Å²) in [6, 6.07) is 1.73. The van der Waals surface area contributed by atoms with Crippen molar-refractivity contribution in [2.45, 2.75) is 12.8 Å². The molecule has 0 aliphatic carbocycles. The van der Waals surface area contributed by atoms with Gasteiger partial charge in [0, 0.05) is 5.56 Å². The van der Waals surface area contributed by atoms with E-state index in [4.69, 9.17) is 16.0 Å². The first-order chi connectivity index (χ1) is 4.72. The maximum Gasteiger partial charge on any atom is 0.228 e. The Balaban J connectivity index is 2.77. The zero-order valence-corrected chi connectivity index (χ0v) is 6.26. The van der Waals surface area contributed by atoms with E-state index in [0.29, 0.717) is 0 Å². The molecule has 1 atom stereocenters. The number of halogens is 1. The molecule has 0 N–H and O–H groups in total. The molecule has 0 fully saturated rings. The van der Waals surface area contributed by atoms with Crippen molar-refractivity contribution in [2.75, 3.05) is 0 Å².